The predicted octanol–water partition coefficient (Wildman–Crippen LogP) is 3.08. The summed E-state index contributed by atoms with van der Waals surface area (Å²) in [6.07, 6.45) is 3.99. The molecular formula is C16H17NO3S2. The van der Waals surface area contributed by atoms with Crippen molar-refractivity contribution in [1.29, 1.82) is 0 Å². The van der Waals surface area contributed by atoms with Gasteiger partial charge < -0.3 is 9.47 Å². The molecule has 3 rings (SSSR count). The van der Waals surface area contributed by atoms with Crippen LogP contribution in [-0.2, 0) is 9.53 Å². The molecular weight excluding hydrogens is 318 g/mol. The van der Waals surface area contributed by atoms with Gasteiger partial charge in [0.1, 0.15) is 10.1 Å². The van der Waals surface area contributed by atoms with Gasteiger partial charge in [-0.2, -0.15) is 0 Å². The molecule has 0 bridgehead atoms. The van der Waals surface area contributed by atoms with Gasteiger partial charge in [0.15, 0.2) is 0 Å². The van der Waals surface area contributed by atoms with E-state index in [1.165, 1.54) is 11.8 Å². The lowest BCUT2D eigenvalue weighted by Crippen LogP contribution is -2.35. The number of benzene rings is 1. The van der Waals surface area contributed by atoms with E-state index in [1.807, 2.05) is 30.3 Å². The molecule has 0 radical (unpaired) electrons. The molecule has 1 aromatic rings. The molecule has 6 heteroatoms. The van der Waals surface area contributed by atoms with Crippen LogP contribution in [0, 0.1) is 0 Å². The number of carbonyl (C=O) groups excluding carboxylic acids is 1. The minimum atomic E-state index is -0.0450. The van der Waals surface area contributed by atoms with Crippen LogP contribution in [0.2, 0.25) is 0 Å². The second kappa shape index (κ2) is 6.81. The zero-order valence-electron chi connectivity index (χ0n) is 12.3. The van der Waals surface area contributed by atoms with Crippen LogP contribution in [0.15, 0.2) is 29.2 Å². The Morgan fingerprint density at radius 3 is 3.05 bits per heavy atom. The highest BCUT2D eigenvalue weighted by Gasteiger charge is 2.34. The van der Waals surface area contributed by atoms with Crippen molar-refractivity contribution < 1.29 is 14.3 Å². The molecule has 0 unspecified atom stereocenters. The van der Waals surface area contributed by atoms with E-state index in [9.17, 15) is 4.79 Å². The maximum absolute atomic E-state index is 12.6. The predicted molar refractivity (Wildman–Crippen MR) is 91.8 cm³/mol. The summed E-state index contributed by atoms with van der Waals surface area (Å²) in [7, 11) is 1.62. The molecule has 0 spiro atoms. The average molecular weight is 335 g/mol. The van der Waals surface area contributed by atoms with E-state index in [-0.39, 0.29) is 12.0 Å². The summed E-state index contributed by atoms with van der Waals surface area (Å²) in [4.78, 5) is 14.8. The highest BCUT2D eigenvalue weighted by atomic mass is 32.2. The Hall–Kier alpha value is -1.37. The molecule has 2 aliphatic rings. The van der Waals surface area contributed by atoms with Crippen LogP contribution in [0.25, 0.3) is 6.08 Å². The van der Waals surface area contributed by atoms with E-state index in [0.29, 0.717) is 15.8 Å². The standard InChI is InChI=1S/C16H17NO3S2/c1-19-13-7-3-2-5-11(13)9-14-15(18)17(16(21)22-14)10-12-6-4-8-20-12/h2-3,5,7,9,12H,4,6,8,10H2,1H3/b14-9-/t12-/m1/s1. The SMILES string of the molecule is COc1ccccc1/C=C1\SC(=S)N(C[C@H]2CCCO2)C1=O. The fraction of sp³-hybridized carbons (Fsp3) is 0.375. The molecule has 2 heterocycles. The van der Waals surface area contributed by atoms with E-state index < -0.39 is 0 Å². The Morgan fingerprint density at radius 2 is 2.32 bits per heavy atom. The van der Waals surface area contributed by atoms with Crippen LogP contribution >= 0.6 is 24.0 Å². The summed E-state index contributed by atoms with van der Waals surface area (Å²) >= 11 is 6.68. The van der Waals surface area contributed by atoms with E-state index in [1.54, 1.807) is 12.0 Å². The molecule has 2 aliphatic heterocycles. The lowest BCUT2D eigenvalue weighted by atomic mass is 10.2. The van der Waals surface area contributed by atoms with Crippen molar-refractivity contribution in [3.63, 3.8) is 0 Å². The van der Waals surface area contributed by atoms with Gasteiger partial charge in [-0.25, -0.2) is 0 Å². The first kappa shape index (κ1) is 15.5. The Kier molecular flexibility index (Phi) is 4.81. The maximum atomic E-state index is 12.6. The lowest BCUT2D eigenvalue weighted by Gasteiger charge is -2.18. The molecule has 1 atom stereocenters. The first-order chi connectivity index (χ1) is 10.7. The van der Waals surface area contributed by atoms with Gasteiger partial charge in [0.2, 0.25) is 0 Å². The number of hydrogen-bond donors (Lipinski definition) is 0. The van der Waals surface area contributed by atoms with Gasteiger partial charge in [-0.1, -0.05) is 42.2 Å². The van der Waals surface area contributed by atoms with Crippen LogP contribution in [0.1, 0.15) is 18.4 Å². The van der Waals surface area contributed by atoms with Crippen molar-refractivity contribution in [2.75, 3.05) is 20.3 Å². The van der Waals surface area contributed by atoms with Crippen LogP contribution < -0.4 is 4.74 Å². The van der Waals surface area contributed by atoms with Gasteiger partial charge in [0.05, 0.1) is 24.7 Å². The van der Waals surface area contributed by atoms with Crippen LogP contribution in [0.5, 0.6) is 5.75 Å². The fourth-order valence-electron chi connectivity index (χ4n) is 2.58. The van der Waals surface area contributed by atoms with Crippen molar-refractivity contribution in [2.24, 2.45) is 0 Å². The number of para-hydroxylation sites is 1. The Balaban J connectivity index is 1.79. The summed E-state index contributed by atoms with van der Waals surface area (Å²) in [6, 6.07) is 7.62. The number of thiocarbonyl (C=S) groups is 1. The van der Waals surface area contributed by atoms with Gasteiger partial charge >= 0.3 is 0 Å². The summed E-state index contributed by atoms with van der Waals surface area (Å²) in [6.45, 7) is 1.32. The monoisotopic (exact) mass is 335 g/mol. The molecule has 0 saturated carbocycles. The highest BCUT2D eigenvalue weighted by Crippen LogP contribution is 2.34. The summed E-state index contributed by atoms with van der Waals surface area (Å²) in [5, 5.41) is 0. The maximum Gasteiger partial charge on any atom is 0.266 e. The highest BCUT2D eigenvalue weighted by molar-refractivity contribution is 8.26. The number of amides is 1. The molecule has 1 aromatic carbocycles. The van der Waals surface area contributed by atoms with Crippen LogP contribution in [0.4, 0.5) is 0 Å². The van der Waals surface area contributed by atoms with E-state index in [0.717, 1.165) is 30.8 Å². The summed E-state index contributed by atoms with van der Waals surface area (Å²) in [5.41, 5.74) is 0.877. The molecule has 0 aliphatic carbocycles. The van der Waals surface area contributed by atoms with E-state index >= 15 is 0 Å². The van der Waals surface area contributed by atoms with Gasteiger partial charge in [-0.3, -0.25) is 9.69 Å². The topological polar surface area (TPSA) is 38.8 Å². The molecule has 2 saturated heterocycles. The lowest BCUT2D eigenvalue weighted by molar-refractivity contribution is -0.123. The Labute approximate surface area is 139 Å². The van der Waals surface area contributed by atoms with Crippen molar-refractivity contribution >= 4 is 40.3 Å². The number of ether oxygens (including phenoxy) is 2. The number of hydrogen-bond acceptors (Lipinski definition) is 5. The molecule has 0 N–H and O–H groups in total. The first-order valence-electron chi connectivity index (χ1n) is 7.19. The number of nitrogens with zero attached hydrogens (tertiary/aromatic N) is 1. The van der Waals surface area contributed by atoms with Gasteiger partial charge in [-0.15, -0.1) is 0 Å². The summed E-state index contributed by atoms with van der Waals surface area (Å²) in [5.74, 6) is 0.698. The third-order valence-electron chi connectivity index (χ3n) is 3.71. The third-order valence-corrected chi connectivity index (χ3v) is 5.09. The summed E-state index contributed by atoms with van der Waals surface area (Å²) < 4.78 is 11.5. The fourth-order valence-corrected chi connectivity index (χ4v) is 3.84. The number of rotatable bonds is 4. The molecule has 116 valence electrons. The average Bonchev–Trinajstić information content (AvgIpc) is 3.12. The minimum Gasteiger partial charge on any atom is -0.496 e. The normalized spacial score (nSPS) is 23.6. The second-order valence-corrected chi connectivity index (χ2v) is 6.85. The second-order valence-electron chi connectivity index (χ2n) is 5.17. The van der Waals surface area contributed by atoms with Gasteiger partial charge in [-0.05, 0) is 25.0 Å². The van der Waals surface area contributed by atoms with Crippen LogP contribution in [-0.4, -0.2) is 41.5 Å². The van der Waals surface area contributed by atoms with Crippen molar-refractivity contribution in [1.82, 2.24) is 4.90 Å². The first-order valence-corrected chi connectivity index (χ1v) is 8.41. The van der Waals surface area contributed by atoms with Gasteiger partial charge in [0, 0.05) is 12.2 Å². The quantitative estimate of drug-likeness (QED) is 0.624. The molecule has 2 fully saturated rings. The van der Waals surface area contributed by atoms with Gasteiger partial charge in [0.25, 0.3) is 5.91 Å². The minimum absolute atomic E-state index is 0.0450. The van der Waals surface area contributed by atoms with E-state index in [2.05, 4.69) is 0 Å². The van der Waals surface area contributed by atoms with Crippen molar-refractivity contribution in [3.8, 4) is 5.75 Å². The van der Waals surface area contributed by atoms with Crippen LogP contribution in [0.3, 0.4) is 0 Å². The zero-order chi connectivity index (χ0) is 15.5. The third kappa shape index (κ3) is 3.19. The van der Waals surface area contributed by atoms with Crippen molar-refractivity contribution in [3.05, 3.63) is 34.7 Å². The Morgan fingerprint density at radius 1 is 1.50 bits per heavy atom. The molecule has 22 heavy (non-hydrogen) atoms. The number of thioether (sulfide) groups is 1. The molecule has 4 nitrogen and oxygen atoms in total. The molecule has 1 amide bonds. The Bertz CT molecular complexity index is 624. The number of carbonyl (C=O) groups is 1. The molecule has 0 aromatic heterocycles. The largest absolute Gasteiger partial charge is 0.496 e. The smallest absolute Gasteiger partial charge is 0.266 e. The number of methoxy groups -OCH3 is 1. The zero-order valence-corrected chi connectivity index (χ0v) is 13.9. The van der Waals surface area contributed by atoms with E-state index in [4.69, 9.17) is 21.7 Å². The van der Waals surface area contributed by atoms with Crippen molar-refractivity contribution in [2.45, 2.75) is 18.9 Å².